The summed E-state index contributed by atoms with van der Waals surface area (Å²) >= 11 is 1.41. The van der Waals surface area contributed by atoms with Gasteiger partial charge in [-0.3, -0.25) is 9.59 Å². The molecule has 0 radical (unpaired) electrons. The standard InChI is InChI=1S/C14H11N3O2S/c18-12(9-17-8-4-3-7-13(17)19)16-14-15-10-5-1-2-6-11(10)20-14/h1-8H,9H2,(H,15,16,18). The number of aromatic nitrogens is 2. The lowest BCUT2D eigenvalue weighted by Crippen LogP contribution is -2.26. The molecule has 3 rings (SSSR count). The minimum absolute atomic E-state index is 0.0183. The Bertz CT molecular complexity index is 789. The molecule has 0 aliphatic heterocycles. The van der Waals surface area contributed by atoms with Crippen LogP contribution < -0.4 is 10.9 Å². The third-order valence-corrected chi connectivity index (χ3v) is 3.71. The molecule has 0 spiro atoms. The van der Waals surface area contributed by atoms with E-state index in [1.54, 1.807) is 18.3 Å². The molecule has 0 unspecified atom stereocenters. The summed E-state index contributed by atoms with van der Waals surface area (Å²) in [6, 6.07) is 12.4. The number of para-hydroxylation sites is 1. The van der Waals surface area contributed by atoms with Crippen LogP contribution in [0, 0.1) is 0 Å². The van der Waals surface area contributed by atoms with Gasteiger partial charge in [0.05, 0.1) is 10.2 Å². The van der Waals surface area contributed by atoms with E-state index in [1.807, 2.05) is 24.3 Å². The van der Waals surface area contributed by atoms with Crippen molar-refractivity contribution in [2.24, 2.45) is 0 Å². The highest BCUT2D eigenvalue weighted by Crippen LogP contribution is 2.25. The van der Waals surface area contributed by atoms with Gasteiger partial charge in [-0.05, 0) is 18.2 Å². The molecule has 0 bridgehead atoms. The van der Waals surface area contributed by atoms with E-state index in [2.05, 4.69) is 10.3 Å². The molecule has 0 aliphatic carbocycles. The number of thiazole rings is 1. The summed E-state index contributed by atoms with van der Waals surface area (Å²) in [5, 5.41) is 3.26. The molecule has 100 valence electrons. The van der Waals surface area contributed by atoms with Crippen LogP contribution in [0.3, 0.4) is 0 Å². The predicted octanol–water partition coefficient (Wildman–Crippen LogP) is 2.10. The van der Waals surface area contributed by atoms with Gasteiger partial charge in [0, 0.05) is 12.3 Å². The smallest absolute Gasteiger partial charge is 0.250 e. The van der Waals surface area contributed by atoms with Crippen molar-refractivity contribution in [2.75, 3.05) is 5.32 Å². The summed E-state index contributed by atoms with van der Waals surface area (Å²) in [4.78, 5) is 27.7. The fraction of sp³-hybridized carbons (Fsp3) is 0.0714. The summed E-state index contributed by atoms with van der Waals surface area (Å²) in [7, 11) is 0. The summed E-state index contributed by atoms with van der Waals surface area (Å²) in [6.45, 7) is -0.0183. The topological polar surface area (TPSA) is 64.0 Å². The van der Waals surface area contributed by atoms with Gasteiger partial charge in [0.1, 0.15) is 6.54 Å². The summed E-state index contributed by atoms with van der Waals surface area (Å²) in [5.74, 6) is -0.266. The van der Waals surface area contributed by atoms with Crippen molar-refractivity contribution in [3.63, 3.8) is 0 Å². The number of amides is 1. The largest absolute Gasteiger partial charge is 0.306 e. The van der Waals surface area contributed by atoms with Gasteiger partial charge in [0.25, 0.3) is 5.56 Å². The van der Waals surface area contributed by atoms with E-state index in [4.69, 9.17) is 0 Å². The molecule has 20 heavy (non-hydrogen) atoms. The number of anilines is 1. The number of hydrogen-bond acceptors (Lipinski definition) is 4. The van der Waals surface area contributed by atoms with Crippen LogP contribution >= 0.6 is 11.3 Å². The van der Waals surface area contributed by atoms with Gasteiger partial charge in [0.2, 0.25) is 5.91 Å². The Kier molecular flexibility index (Phi) is 3.30. The first-order valence-electron chi connectivity index (χ1n) is 6.03. The van der Waals surface area contributed by atoms with E-state index in [9.17, 15) is 9.59 Å². The third-order valence-electron chi connectivity index (χ3n) is 2.75. The first-order valence-corrected chi connectivity index (χ1v) is 6.85. The molecule has 0 saturated heterocycles. The van der Waals surface area contributed by atoms with E-state index in [0.29, 0.717) is 5.13 Å². The zero-order valence-electron chi connectivity index (χ0n) is 10.4. The number of carbonyl (C=O) groups excluding carboxylic acids is 1. The second kappa shape index (κ2) is 5.26. The Morgan fingerprint density at radius 2 is 2.00 bits per heavy atom. The average molecular weight is 285 g/mol. The van der Waals surface area contributed by atoms with E-state index in [0.717, 1.165) is 10.2 Å². The van der Waals surface area contributed by atoms with Crippen molar-refractivity contribution in [1.29, 1.82) is 0 Å². The second-order valence-electron chi connectivity index (χ2n) is 4.20. The van der Waals surface area contributed by atoms with Crippen LogP contribution in [-0.4, -0.2) is 15.5 Å². The highest BCUT2D eigenvalue weighted by molar-refractivity contribution is 7.22. The average Bonchev–Trinajstić information content (AvgIpc) is 2.83. The molecule has 0 fully saturated rings. The second-order valence-corrected chi connectivity index (χ2v) is 5.23. The zero-order chi connectivity index (χ0) is 13.9. The molecule has 1 N–H and O–H groups in total. The van der Waals surface area contributed by atoms with E-state index >= 15 is 0 Å². The lowest BCUT2D eigenvalue weighted by Gasteiger charge is -2.04. The number of nitrogens with zero attached hydrogens (tertiary/aromatic N) is 2. The van der Waals surface area contributed by atoms with Crippen LogP contribution in [0.2, 0.25) is 0 Å². The summed E-state index contributed by atoms with van der Waals surface area (Å²) < 4.78 is 2.36. The Hall–Kier alpha value is -2.47. The maximum atomic E-state index is 11.9. The molecule has 0 saturated carbocycles. The van der Waals surface area contributed by atoms with Crippen LogP contribution in [0.25, 0.3) is 10.2 Å². The minimum atomic E-state index is -0.266. The monoisotopic (exact) mass is 285 g/mol. The highest BCUT2D eigenvalue weighted by Gasteiger charge is 2.08. The van der Waals surface area contributed by atoms with Crippen molar-refractivity contribution in [3.8, 4) is 0 Å². The number of pyridine rings is 1. The van der Waals surface area contributed by atoms with Crippen molar-refractivity contribution in [1.82, 2.24) is 9.55 Å². The number of rotatable bonds is 3. The van der Waals surface area contributed by atoms with Crippen LogP contribution in [0.4, 0.5) is 5.13 Å². The van der Waals surface area contributed by atoms with Crippen LogP contribution in [0.1, 0.15) is 0 Å². The van der Waals surface area contributed by atoms with Crippen molar-refractivity contribution in [2.45, 2.75) is 6.54 Å². The predicted molar refractivity (Wildman–Crippen MR) is 79.0 cm³/mol. The van der Waals surface area contributed by atoms with E-state index in [-0.39, 0.29) is 18.0 Å². The Balaban J connectivity index is 1.76. The number of benzene rings is 1. The minimum Gasteiger partial charge on any atom is -0.306 e. The molecule has 0 aliphatic rings. The van der Waals surface area contributed by atoms with Crippen LogP contribution in [0.5, 0.6) is 0 Å². The molecule has 3 aromatic rings. The Morgan fingerprint density at radius 3 is 2.80 bits per heavy atom. The normalized spacial score (nSPS) is 10.6. The van der Waals surface area contributed by atoms with Crippen molar-refractivity contribution >= 4 is 32.6 Å². The van der Waals surface area contributed by atoms with Gasteiger partial charge in [0.15, 0.2) is 5.13 Å². The molecule has 5 nitrogen and oxygen atoms in total. The molecule has 6 heteroatoms. The molecule has 2 heterocycles. The summed E-state index contributed by atoms with van der Waals surface area (Å²) in [6.07, 6.45) is 1.58. The lowest BCUT2D eigenvalue weighted by molar-refractivity contribution is -0.116. The molecule has 2 aromatic heterocycles. The molecular weight excluding hydrogens is 274 g/mol. The van der Waals surface area contributed by atoms with Gasteiger partial charge < -0.3 is 9.88 Å². The van der Waals surface area contributed by atoms with Gasteiger partial charge in [-0.25, -0.2) is 4.98 Å². The maximum Gasteiger partial charge on any atom is 0.250 e. The SMILES string of the molecule is O=C(Cn1ccccc1=O)Nc1nc2ccccc2s1. The Morgan fingerprint density at radius 1 is 1.20 bits per heavy atom. The number of nitrogens with one attached hydrogen (secondary N) is 1. The summed E-state index contributed by atoms with van der Waals surface area (Å²) in [5.41, 5.74) is 0.650. The quantitative estimate of drug-likeness (QED) is 0.801. The zero-order valence-corrected chi connectivity index (χ0v) is 11.3. The molecule has 1 aromatic carbocycles. The van der Waals surface area contributed by atoms with E-state index < -0.39 is 0 Å². The lowest BCUT2D eigenvalue weighted by atomic mass is 10.3. The third kappa shape index (κ3) is 2.60. The number of carbonyl (C=O) groups is 1. The first-order chi connectivity index (χ1) is 9.72. The Labute approximate surface area is 118 Å². The highest BCUT2D eigenvalue weighted by atomic mass is 32.1. The van der Waals surface area contributed by atoms with Gasteiger partial charge in [-0.15, -0.1) is 0 Å². The fourth-order valence-electron chi connectivity index (χ4n) is 1.83. The van der Waals surface area contributed by atoms with Gasteiger partial charge in [-0.1, -0.05) is 29.5 Å². The maximum absolute atomic E-state index is 11.9. The number of fused-ring (bicyclic) bond motifs is 1. The van der Waals surface area contributed by atoms with E-state index in [1.165, 1.54) is 22.0 Å². The fourth-order valence-corrected chi connectivity index (χ4v) is 2.71. The van der Waals surface area contributed by atoms with Crippen LogP contribution in [0.15, 0.2) is 53.5 Å². The molecular formula is C14H11N3O2S. The van der Waals surface area contributed by atoms with Crippen LogP contribution in [-0.2, 0) is 11.3 Å². The molecule has 0 atom stereocenters. The molecule has 1 amide bonds. The van der Waals surface area contributed by atoms with Crippen molar-refractivity contribution in [3.05, 3.63) is 59.0 Å². The first kappa shape index (κ1) is 12.6. The van der Waals surface area contributed by atoms with Gasteiger partial charge in [-0.2, -0.15) is 0 Å². The number of hydrogen-bond donors (Lipinski definition) is 1. The van der Waals surface area contributed by atoms with Gasteiger partial charge >= 0.3 is 0 Å². The van der Waals surface area contributed by atoms with Crippen molar-refractivity contribution < 1.29 is 4.79 Å².